The minimum atomic E-state index is -1.23. The maximum Gasteiger partial charge on any atom is 0.136 e. The van der Waals surface area contributed by atoms with Crippen molar-refractivity contribution < 1.29 is 9.50 Å². The average molecular weight is 221 g/mol. The maximum atomic E-state index is 14.8. The van der Waals surface area contributed by atoms with E-state index in [-0.39, 0.29) is 5.75 Å². The monoisotopic (exact) mass is 221 g/mol. The molecule has 86 valence electrons. The summed E-state index contributed by atoms with van der Waals surface area (Å²) in [7, 11) is 0. The third kappa shape index (κ3) is 1.50. The number of benzene rings is 1. The SMILES string of the molecule is Oc1cccc(C2(F)CC3CNCC3C2)c1. The van der Waals surface area contributed by atoms with Gasteiger partial charge in [-0.25, -0.2) is 4.39 Å². The van der Waals surface area contributed by atoms with E-state index in [1.807, 2.05) is 0 Å². The molecule has 1 saturated heterocycles. The first-order chi connectivity index (χ1) is 7.67. The number of phenolic OH excluding ortho intramolecular Hbond substituents is 1. The van der Waals surface area contributed by atoms with E-state index in [1.165, 1.54) is 0 Å². The third-order valence-corrected chi connectivity index (χ3v) is 4.01. The topological polar surface area (TPSA) is 32.3 Å². The Morgan fingerprint density at radius 1 is 1.25 bits per heavy atom. The average Bonchev–Trinajstić information content (AvgIpc) is 2.76. The molecule has 1 aliphatic carbocycles. The molecule has 2 atom stereocenters. The van der Waals surface area contributed by atoms with Crippen molar-refractivity contribution in [1.29, 1.82) is 0 Å². The molecule has 2 fully saturated rings. The molecule has 1 saturated carbocycles. The van der Waals surface area contributed by atoms with Crippen LogP contribution in [0.2, 0.25) is 0 Å². The molecule has 2 nitrogen and oxygen atoms in total. The lowest BCUT2D eigenvalue weighted by atomic mass is 9.92. The van der Waals surface area contributed by atoms with Crippen molar-refractivity contribution in [2.24, 2.45) is 11.8 Å². The molecule has 3 heteroatoms. The summed E-state index contributed by atoms with van der Waals surface area (Å²) < 4.78 is 14.8. The molecule has 0 radical (unpaired) electrons. The number of phenols is 1. The largest absolute Gasteiger partial charge is 0.508 e. The fourth-order valence-corrected chi connectivity index (χ4v) is 3.20. The molecule has 1 heterocycles. The minimum absolute atomic E-state index is 0.157. The lowest BCUT2D eigenvalue weighted by Crippen LogP contribution is -2.21. The van der Waals surface area contributed by atoms with Crippen LogP contribution in [0.4, 0.5) is 4.39 Å². The van der Waals surface area contributed by atoms with Crippen molar-refractivity contribution in [1.82, 2.24) is 5.32 Å². The maximum absolute atomic E-state index is 14.8. The Morgan fingerprint density at radius 2 is 1.94 bits per heavy atom. The highest BCUT2D eigenvalue weighted by atomic mass is 19.1. The highest BCUT2D eigenvalue weighted by Gasteiger charge is 2.48. The van der Waals surface area contributed by atoms with Crippen LogP contribution >= 0.6 is 0 Å². The van der Waals surface area contributed by atoms with Crippen LogP contribution in [-0.4, -0.2) is 18.2 Å². The second kappa shape index (κ2) is 3.45. The van der Waals surface area contributed by atoms with Gasteiger partial charge in [-0.05, 0) is 55.5 Å². The Hall–Kier alpha value is -1.09. The van der Waals surface area contributed by atoms with Gasteiger partial charge in [0.15, 0.2) is 0 Å². The molecule has 2 N–H and O–H groups in total. The van der Waals surface area contributed by atoms with Crippen molar-refractivity contribution in [3.05, 3.63) is 29.8 Å². The Bertz CT molecular complexity index is 395. The van der Waals surface area contributed by atoms with Crippen molar-refractivity contribution in [2.45, 2.75) is 18.5 Å². The zero-order valence-electron chi connectivity index (χ0n) is 9.12. The summed E-state index contributed by atoms with van der Waals surface area (Å²) in [6.07, 6.45) is 1.18. The Kier molecular flexibility index (Phi) is 2.18. The standard InChI is InChI=1S/C13H16FNO/c14-13(11-2-1-3-12(16)4-11)5-9-7-15-8-10(9)6-13/h1-4,9-10,15-16H,5-8H2. The van der Waals surface area contributed by atoms with Gasteiger partial charge in [-0.3, -0.25) is 0 Å². The van der Waals surface area contributed by atoms with E-state index in [1.54, 1.807) is 24.3 Å². The molecular formula is C13H16FNO. The van der Waals surface area contributed by atoms with E-state index in [2.05, 4.69) is 5.32 Å². The summed E-state index contributed by atoms with van der Waals surface area (Å²) >= 11 is 0. The van der Waals surface area contributed by atoms with Crippen LogP contribution < -0.4 is 5.32 Å². The van der Waals surface area contributed by atoms with Crippen molar-refractivity contribution in [2.75, 3.05) is 13.1 Å². The molecule has 16 heavy (non-hydrogen) atoms. The highest BCUT2D eigenvalue weighted by Crippen LogP contribution is 2.50. The molecule has 0 bridgehead atoms. The van der Waals surface area contributed by atoms with Gasteiger partial charge in [0.05, 0.1) is 0 Å². The van der Waals surface area contributed by atoms with Gasteiger partial charge >= 0.3 is 0 Å². The van der Waals surface area contributed by atoms with Gasteiger partial charge in [0.1, 0.15) is 11.4 Å². The smallest absolute Gasteiger partial charge is 0.136 e. The van der Waals surface area contributed by atoms with Gasteiger partial charge in [-0.15, -0.1) is 0 Å². The van der Waals surface area contributed by atoms with Crippen LogP contribution in [0.1, 0.15) is 18.4 Å². The molecule has 1 aliphatic heterocycles. The first-order valence-electron chi connectivity index (χ1n) is 5.86. The molecule has 0 aromatic heterocycles. The quantitative estimate of drug-likeness (QED) is 0.762. The van der Waals surface area contributed by atoms with Crippen LogP contribution in [0.25, 0.3) is 0 Å². The van der Waals surface area contributed by atoms with Crippen LogP contribution in [0.3, 0.4) is 0 Å². The summed E-state index contributed by atoms with van der Waals surface area (Å²) in [6, 6.07) is 6.66. The molecule has 0 spiro atoms. The number of aromatic hydroxyl groups is 1. The van der Waals surface area contributed by atoms with E-state index < -0.39 is 5.67 Å². The van der Waals surface area contributed by atoms with E-state index in [9.17, 15) is 9.50 Å². The predicted molar refractivity (Wildman–Crippen MR) is 60.0 cm³/mol. The summed E-state index contributed by atoms with van der Waals surface area (Å²) in [4.78, 5) is 0. The first kappa shape index (κ1) is 10.1. The number of alkyl halides is 1. The number of halogens is 1. The second-order valence-corrected chi connectivity index (χ2v) is 5.10. The van der Waals surface area contributed by atoms with E-state index in [0.29, 0.717) is 30.2 Å². The molecule has 2 unspecified atom stereocenters. The lowest BCUT2D eigenvalue weighted by molar-refractivity contribution is 0.160. The molecule has 2 aliphatic rings. The van der Waals surface area contributed by atoms with Gasteiger partial charge < -0.3 is 10.4 Å². The van der Waals surface area contributed by atoms with E-state index in [4.69, 9.17) is 0 Å². The number of rotatable bonds is 1. The van der Waals surface area contributed by atoms with Crippen molar-refractivity contribution in [3.8, 4) is 5.75 Å². The van der Waals surface area contributed by atoms with Crippen LogP contribution in [0.5, 0.6) is 5.75 Å². The predicted octanol–water partition coefficient (Wildman–Crippen LogP) is 2.19. The van der Waals surface area contributed by atoms with Gasteiger partial charge in [0.25, 0.3) is 0 Å². The first-order valence-corrected chi connectivity index (χ1v) is 5.86. The molecule has 1 aromatic carbocycles. The van der Waals surface area contributed by atoms with Gasteiger partial charge in [0.2, 0.25) is 0 Å². The minimum Gasteiger partial charge on any atom is -0.508 e. The highest BCUT2D eigenvalue weighted by molar-refractivity contribution is 5.32. The van der Waals surface area contributed by atoms with Crippen LogP contribution in [-0.2, 0) is 5.67 Å². The number of fused-ring (bicyclic) bond motifs is 1. The fourth-order valence-electron chi connectivity index (χ4n) is 3.20. The van der Waals surface area contributed by atoms with Crippen LogP contribution in [0, 0.1) is 11.8 Å². The third-order valence-electron chi connectivity index (χ3n) is 4.01. The number of nitrogens with one attached hydrogen (secondary N) is 1. The van der Waals surface area contributed by atoms with E-state index >= 15 is 0 Å². The summed E-state index contributed by atoms with van der Waals surface area (Å²) in [5.74, 6) is 1.09. The number of hydrogen-bond donors (Lipinski definition) is 2. The van der Waals surface area contributed by atoms with Crippen LogP contribution in [0.15, 0.2) is 24.3 Å². The summed E-state index contributed by atoms with van der Waals surface area (Å²) in [5, 5.41) is 12.7. The second-order valence-electron chi connectivity index (χ2n) is 5.10. The zero-order chi connectivity index (χ0) is 11.2. The van der Waals surface area contributed by atoms with E-state index in [0.717, 1.165) is 13.1 Å². The Labute approximate surface area is 94.5 Å². The Balaban J connectivity index is 1.89. The van der Waals surface area contributed by atoms with Crippen molar-refractivity contribution in [3.63, 3.8) is 0 Å². The summed E-state index contributed by atoms with van der Waals surface area (Å²) in [6.45, 7) is 1.88. The molecule has 1 aromatic rings. The molecular weight excluding hydrogens is 205 g/mol. The van der Waals surface area contributed by atoms with Gasteiger partial charge in [-0.1, -0.05) is 12.1 Å². The lowest BCUT2D eigenvalue weighted by Gasteiger charge is -2.21. The Morgan fingerprint density at radius 3 is 2.56 bits per heavy atom. The zero-order valence-corrected chi connectivity index (χ0v) is 9.12. The normalized spacial score (nSPS) is 37.6. The van der Waals surface area contributed by atoms with Gasteiger partial charge in [-0.2, -0.15) is 0 Å². The molecule has 3 rings (SSSR count). The molecule has 0 amide bonds. The fraction of sp³-hybridized carbons (Fsp3) is 0.538. The number of hydrogen-bond acceptors (Lipinski definition) is 2. The summed E-state index contributed by atoms with van der Waals surface area (Å²) in [5.41, 5.74) is -0.585. The van der Waals surface area contributed by atoms with Gasteiger partial charge in [0, 0.05) is 0 Å². The van der Waals surface area contributed by atoms with Crippen molar-refractivity contribution >= 4 is 0 Å².